The number of H-pyrrole nitrogens is 1. The van der Waals surface area contributed by atoms with Gasteiger partial charge in [-0.1, -0.05) is 0 Å². The molecule has 0 radical (unpaired) electrons. The Morgan fingerprint density at radius 2 is 2.14 bits per heavy atom. The molecule has 0 aliphatic carbocycles. The number of fused-ring (bicyclic) bond motifs is 1. The van der Waals surface area contributed by atoms with Gasteiger partial charge in [-0.05, 0) is 43.0 Å². The SMILES string of the molecule is Cc1nc(/C=C/C(=O)c2c(C)c3ccsc3[nH]c2=O)cs1. The molecule has 21 heavy (non-hydrogen) atoms. The number of nitrogens with one attached hydrogen (secondary N) is 1. The Morgan fingerprint density at radius 1 is 1.33 bits per heavy atom. The Morgan fingerprint density at radius 3 is 2.86 bits per heavy atom. The van der Waals surface area contributed by atoms with Crippen molar-refractivity contribution in [1.29, 1.82) is 0 Å². The van der Waals surface area contributed by atoms with E-state index in [1.807, 2.05) is 23.8 Å². The zero-order valence-electron chi connectivity index (χ0n) is 11.5. The predicted molar refractivity (Wildman–Crippen MR) is 87.4 cm³/mol. The lowest BCUT2D eigenvalue weighted by Gasteiger charge is -2.02. The molecule has 3 aromatic heterocycles. The molecule has 0 unspecified atom stereocenters. The number of carbonyl (C=O) groups excluding carboxylic acids is 1. The first kappa shape index (κ1) is 13.9. The van der Waals surface area contributed by atoms with Crippen LogP contribution in [0, 0.1) is 13.8 Å². The van der Waals surface area contributed by atoms with E-state index in [1.165, 1.54) is 28.7 Å². The van der Waals surface area contributed by atoms with Gasteiger partial charge in [-0.15, -0.1) is 22.7 Å². The Labute approximate surface area is 128 Å². The first-order chi connectivity index (χ1) is 10.1. The van der Waals surface area contributed by atoms with Crippen LogP contribution in [-0.2, 0) is 0 Å². The fraction of sp³-hybridized carbons (Fsp3) is 0.133. The summed E-state index contributed by atoms with van der Waals surface area (Å²) in [7, 11) is 0. The number of aromatic nitrogens is 2. The van der Waals surface area contributed by atoms with Gasteiger partial charge in [0.2, 0.25) is 0 Å². The topological polar surface area (TPSA) is 62.8 Å². The van der Waals surface area contributed by atoms with Crippen LogP contribution in [0.25, 0.3) is 16.3 Å². The lowest BCUT2D eigenvalue weighted by molar-refractivity contribution is 0.104. The molecular weight excluding hydrogens is 304 g/mol. The van der Waals surface area contributed by atoms with Crippen LogP contribution in [-0.4, -0.2) is 15.8 Å². The molecule has 0 bridgehead atoms. The molecule has 0 spiro atoms. The molecule has 3 aromatic rings. The lowest BCUT2D eigenvalue weighted by Crippen LogP contribution is -2.18. The highest BCUT2D eigenvalue weighted by Crippen LogP contribution is 2.22. The molecule has 0 aromatic carbocycles. The van der Waals surface area contributed by atoms with Crippen LogP contribution in [0.3, 0.4) is 0 Å². The van der Waals surface area contributed by atoms with E-state index >= 15 is 0 Å². The summed E-state index contributed by atoms with van der Waals surface area (Å²) in [5.74, 6) is -0.299. The van der Waals surface area contributed by atoms with Crippen molar-refractivity contribution in [3.8, 4) is 0 Å². The van der Waals surface area contributed by atoms with Crippen molar-refractivity contribution in [1.82, 2.24) is 9.97 Å². The molecule has 0 aliphatic heterocycles. The van der Waals surface area contributed by atoms with E-state index in [0.29, 0.717) is 0 Å². The van der Waals surface area contributed by atoms with E-state index < -0.39 is 0 Å². The number of thiazole rings is 1. The van der Waals surface area contributed by atoms with Gasteiger partial charge in [0.1, 0.15) is 4.83 Å². The van der Waals surface area contributed by atoms with Crippen molar-refractivity contribution < 1.29 is 4.79 Å². The van der Waals surface area contributed by atoms with Crippen molar-refractivity contribution in [3.63, 3.8) is 0 Å². The summed E-state index contributed by atoms with van der Waals surface area (Å²) in [6, 6.07) is 1.91. The van der Waals surface area contributed by atoms with E-state index in [1.54, 1.807) is 13.0 Å². The fourth-order valence-electron chi connectivity index (χ4n) is 2.17. The number of hydrogen-bond donors (Lipinski definition) is 1. The largest absolute Gasteiger partial charge is 0.313 e. The second-order valence-corrected chi connectivity index (χ2v) is 6.58. The van der Waals surface area contributed by atoms with Crippen LogP contribution in [0.15, 0.2) is 27.7 Å². The molecule has 6 heteroatoms. The number of thiophene rings is 1. The van der Waals surface area contributed by atoms with Gasteiger partial charge < -0.3 is 4.98 Å². The lowest BCUT2D eigenvalue weighted by atomic mass is 10.0. The number of aryl methyl sites for hydroxylation is 2. The van der Waals surface area contributed by atoms with Crippen molar-refractivity contribution in [2.24, 2.45) is 0 Å². The highest BCUT2D eigenvalue weighted by Gasteiger charge is 2.15. The van der Waals surface area contributed by atoms with Gasteiger partial charge >= 0.3 is 0 Å². The van der Waals surface area contributed by atoms with Crippen molar-refractivity contribution >= 4 is 44.7 Å². The summed E-state index contributed by atoms with van der Waals surface area (Å²) in [6.45, 7) is 3.71. The molecule has 4 nitrogen and oxygen atoms in total. The molecule has 0 amide bonds. The Balaban J connectivity index is 2.01. The highest BCUT2D eigenvalue weighted by molar-refractivity contribution is 7.16. The van der Waals surface area contributed by atoms with E-state index in [9.17, 15) is 9.59 Å². The average Bonchev–Trinajstić information content (AvgIpc) is 3.05. The number of aromatic amines is 1. The molecule has 0 atom stereocenters. The normalized spacial score (nSPS) is 11.5. The summed E-state index contributed by atoms with van der Waals surface area (Å²) >= 11 is 2.98. The van der Waals surface area contributed by atoms with Gasteiger partial charge in [0.15, 0.2) is 5.78 Å². The summed E-state index contributed by atoms with van der Waals surface area (Å²) < 4.78 is 0. The van der Waals surface area contributed by atoms with Crippen molar-refractivity contribution in [2.75, 3.05) is 0 Å². The second kappa shape index (κ2) is 5.38. The number of rotatable bonds is 3. The quantitative estimate of drug-likeness (QED) is 0.593. The Bertz CT molecular complexity index is 915. The smallest absolute Gasteiger partial charge is 0.260 e. The molecule has 0 saturated carbocycles. The predicted octanol–water partition coefficient (Wildman–Crippen LogP) is 3.56. The maximum Gasteiger partial charge on any atom is 0.260 e. The standard InChI is InChI=1S/C15H12N2O2S2/c1-8-11-5-6-20-15(11)17-14(19)13(8)12(18)4-3-10-7-21-9(2)16-10/h3-7H,1-2H3,(H,17,19)/b4-3+. The third-order valence-corrected chi connectivity index (χ3v) is 4.81. The number of nitrogens with zero attached hydrogens (tertiary/aromatic N) is 1. The van der Waals surface area contributed by atoms with E-state index in [-0.39, 0.29) is 16.9 Å². The van der Waals surface area contributed by atoms with Gasteiger partial charge in [-0.3, -0.25) is 9.59 Å². The number of carbonyl (C=O) groups is 1. The molecule has 3 rings (SSSR count). The summed E-state index contributed by atoms with van der Waals surface area (Å²) in [4.78, 5) is 32.2. The van der Waals surface area contributed by atoms with Crippen LogP contribution in [0.1, 0.15) is 26.6 Å². The summed E-state index contributed by atoms with van der Waals surface area (Å²) in [6.07, 6.45) is 3.05. The van der Waals surface area contributed by atoms with E-state index in [4.69, 9.17) is 0 Å². The maximum absolute atomic E-state index is 12.3. The number of hydrogen-bond acceptors (Lipinski definition) is 5. The Hall–Kier alpha value is -2.05. The molecule has 0 saturated heterocycles. The minimum absolute atomic E-state index is 0.198. The van der Waals surface area contributed by atoms with Crippen LogP contribution < -0.4 is 5.56 Å². The van der Waals surface area contributed by atoms with Crippen LogP contribution in [0.4, 0.5) is 0 Å². The second-order valence-electron chi connectivity index (χ2n) is 4.61. The van der Waals surface area contributed by atoms with Crippen LogP contribution >= 0.6 is 22.7 Å². The molecule has 0 aliphatic rings. The zero-order valence-corrected chi connectivity index (χ0v) is 13.1. The van der Waals surface area contributed by atoms with Crippen LogP contribution in [0.2, 0.25) is 0 Å². The van der Waals surface area contributed by atoms with Gasteiger partial charge in [0.05, 0.1) is 16.3 Å². The van der Waals surface area contributed by atoms with Crippen molar-refractivity contribution in [3.05, 3.63) is 55.1 Å². The summed E-state index contributed by atoms with van der Waals surface area (Å²) in [5.41, 5.74) is 1.31. The zero-order chi connectivity index (χ0) is 15.0. The number of allylic oxidation sites excluding steroid dienone is 1. The Kier molecular flexibility index (Phi) is 3.57. The maximum atomic E-state index is 12.3. The monoisotopic (exact) mass is 316 g/mol. The number of pyridine rings is 1. The third kappa shape index (κ3) is 2.59. The van der Waals surface area contributed by atoms with Crippen LogP contribution in [0.5, 0.6) is 0 Å². The van der Waals surface area contributed by atoms with E-state index in [0.717, 1.165) is 26.5 Å². The molecule has 106 valence electrons. The van der Waals surface area contributed by atoms with Gasteiger partial charge in [0, 0.05) is 10.8 Å². The first-order valence-electron chi connectivity index (χ1n) is 6.31. The minimum atomic E-state index is -0.341. The highest BCUT2D eigenvalue weighted by atomic mass is 32.1. The summed E-state index contributed by atoms with van der Waals surface area (Å²) in [5, 5.41) is 5.63. The fourth-order valence-corrected chi connectivity index (χ4v) is 3.59. The average molecular weight is 316 g/mol. The number of ketones is 1. The minimum Gasteiger partial charge on any atom is -0.313 e. The molecule has 0 fully saturated rings. The third-order valence-electron chi connectivity index (χ3n) is 3.19. The molecule has 3 heterocycles. The molecular formula is C15H12N2O2S2. The van der Waals surface area contributed by atoms with Crippen molar-refractivity contribution in [2.45, 2.75) is 13.8 Å². The first-order valence-corrected chi connectivity index (χ1v) is 8.07. The van der Waals surface area contributed by atoms with Gasteiger partial charge in [-0.25, -0.2) is 4.98 Å². The van der Waals surface area contributed by atoms with Gasteiger partial charge in [0.25, 0.3) is 5.56 Å². The van der Waals surface area contributed by atoms with E-state index in [2.05, 4.69) is 9.97 Å². The molecule has 1 N–H and O–H groups in total. The van der Waals surface area contributed by atoms with Gasteiger partial charge in [-0.2, -0.15) is 0 Å².